The van der Waals surface area contributed by atoms with E-state index in [-0.39, 0.29) is 0 Å². The van der Waals surface area contributed by atoms with E-state index in [9.17, 15) is 0 Å². The van der Waals surface area contributed by atoms with E-state index < -0.39 is 0 Å². The van der Waals surface area contributed by atoms with E-state index in [1.54, 1.807) is 11.3 Å². The minimum Gasteiger partial charge on any atom is -0.373 e. The van der Waals surface area contributed by atoms with Crippen molar-refractivity contribution in [2.75, 3.05) is 19.6 Å². The Hall–Kier alpha value is -0.940. The van der Waals surface area contributed by atoms with Crippen molar-refractivity contribution < 1.29 is 4.74 Å². The van der Waals surface area contributed by atoms with Crippen molar-refractivity contribution in [1.29, 1.82) is 0 Å². The van der Waals surface area contributed by atoms with Gasteiger partial charge in [-0.25, -0.2) is 4.98 Å². The fraction of sp³-hybridized carbons (Fsp3) is 0.471. The minimum atomic E-state index is 0.324. The van der Waals surface area contributed by atoms with Crippen LogP contribution in [0.3, 0.4) is 0 Å². The molecule has 1 aromatic heterocycles. The van der Waals surface area contributed by atoms with Crippen molar-refractivity contribution in [3.63, 3.8) is 0 Å². The SMILES string of the molecule is CC1CN(CCc2nc(-c3ccc(Cl)cc3)cs2)CC(C)O1. The van der Waals surface area contributed by atoms with Crippen molar-refractivity contribution in [2.45, 2.75) is 32.5 Å². The van der Waals surface area contributed by atoms with Crippen LogP contribution in [-0.4, -0.2) is 41.7 Å². The number of ether oxygens (including phenoxy) is 1. The van der Waals surface area contributed by atoms with Crippen molar-refractivity contribution in [1.82, 2.24) is 9.88 Å². The van der Waals surface area contributed by atoms with Gasteiger partial charge in [0.1, 0.15) is 0 Å². The largest absolute Gasteiger partial charge is 0.373 e. The Labute approximate surface area is 140 Å². The average Bonchev–Trinajstić information content (AvgIpc) is 2.94. The van der Waals surface area contributed by atoms with E-state index in [1.165, 1.54) is 5.01 Å². The smallest absolute Gasteiger partial charge is 0.0945 e. The van der Waals surface area contributed by atoms with Gasteiger partial charge in [0.25, 0.3) is 0 Å². The van der Waals surface area contributed by atoms with Crippen LogP contribution in [0.5, 0.6) is 0 Å². The Morgan fingerprint density at radius 1 is 1.23 bits per heavy atom. The molecule has 1 fully saturated rings. The fourth-order valence-corrected chi connectivity index (χ4v) is 3.82. The molecule has 2 unspecified atom stereocenters. The average molecular weight is 337 g/mol. The molecule has 0 spiro atoms. The van der Waals surface area contributed by atoms with E-state index in [0.717, 1.165) is 42.3 Å². The molecule has 2 atom stereocenters. The molecule has 118 valence electrons. The molecule has 1 aliphatic rings. The van der Waals surface area contributed by atoms with Gasteiger partial charge in [-0.05, 0) is 26.0 Å². The quantitative estimate of drug-likeness (QED) is 0.840. The molecule has 0 aliphatic carbocycles. The maximum Gasteiger partial charge on any atom is 0.0945 e. The lowest BCUT2D eigenvalue weighted by molar-refractivity contribution is -0.0675. The summed E-state index contributed by atoms with van der Waals surface area (Å²) in [5.41, 5.74) is 2.17. The predicted octanol–water partition coefficient (Wildman–Crippen LogP) is 4.12. The number of halogens is 1. The summed E-state index contributed by atoms with van der Waals surface area (Å²) in [5.74, 6) is 0. The molecule has 2 heterocycles. The van der Waals surface area contributed by atoms with Gasteiger partial charge in [-0.1, -0.05) is 23.7 Å². The van der Waals surface area contributed by atoms with Crippen molar-refractivity contribution in [3.05, 3.63) is 39.7 Å². The molecule has 2 aromatic rings. The highest BCUT2D eigenvalue weighted by molar-refractivity contribution is 7.09. The van der Waals surface area contributed by atoms with Crippen LogP contribution in [0, 0.1) is 0 Å². The molecule has 3 rings (SSSR count). The lowest BCUT2D eigenvalue weighted by Crippen LogP contribution is -2.46. The summed E-state index contributed by atoms with van der Waals surface area (Å²) in [6, 6.07) is 7.86. The third-order valence-electron chi connectivity index (χ3n) is 3.83. The van der Waals surface area contributed by atoms with Gasteiger partial charge < -0.3 is 4.74 Å². The first-order chi connectivity index (χ1) is 10.6. The van der Waals surface area contributed by atoms with Crippen LogP contribution in [0.15, 0.2) is 29.6 Å². The fourth-order valence-electron chi connectivity index (χ4n) is 2.90. The monoisotopic (exact) mass is 336 g/mol. The van der Waals surface area contributed by atoms with Gasteiger partial charge in [-0.2, -0.15) is 0 Å². The van der Waals surface area contributed by atoms with Gasteiger partial charge in [0.15, 0.2) is 0 Å². The standard InChI is InChI=1S/C17H21ClN2OS/c1-12-9-20(10-13(2)21-12)8-7-17-19-16(11-22-17)14-3-5-15(18)6-4-14/h3-6,11-13H,7-10H2,1-2H3. The second-order valence-corrected chi connectivity index (χ2v) is 7.28. The summed E-state index contributed by atoms with van der Waals surface area (Å²) in [7, 11) is 0. The third kappa shape index (κ3) is 4.07. The maximum absolute atomic E-state index is 5.93. The van der Waals surface area contributed by atoms with Crippen LogP contribution in [0.25, 0.3) is 11.3 Å². The number of hydrogen-bond acceptors (Lipinski definition) is 4. The van der Waals surface area contributed by atoms with Crippen LogP contribution in [0.1, 0.15) is 18.9 Å². The van der Waals surface area contributed by atoms with Crippen LogP contribution in [0.2, 0.25) is 5.02 Å². The molecule has 1 aliphatic heterocycles. The normalized spacial score (nSPS) is 22.9. The summed E-state index contributed by atoms with van der Waals surface area (Å²) < 4.78 is 5.77. The van der Waals surface area contributed by atoms with Crippen LogP contribution in [-0.2, 0) is 11.2 Å². The number of rotatable bonds is 4. The zero-order valence-corrected chi connectivity index (χ0v) is 14.5. The Morgan fingerprint density at radius 3 is 2.59 bits per heavy atom. The Balaban J connectivity index is 1.59. The molecule has 1 saturated heterocycles. The van der Waals surface area contributed by atoms with Gasteiger partial charge >= 0.3 is 0 Å². The van der Waals surface area contributed by atoms with Gasteiger partial charge in [-0.3, -0.25) is 4.90 Å². The molecule has 22 heavy (non-hydrogen) atoms. The summed E-state index contributed by atoms with van der Waals surface area (Å²) in [5, 5.41) is 4.08. The number of morpholine rings is 1. The van der Waals surface area contributed by atoms with Crippen molar-refractivity contribution in [2.24, 2.45) is 0 Å². The second kappa shape index (κ2) is 7.09. The zero-order chi connectivity index (χ0) is 15.5. The lowest BCUT2D eigenvalue weighted by atomic mass is 10.2. The Morgan fingerprint density at radius 2 is 1.91 bits per heavy atom. The molecule has 0 bridgehead atoms. The Kier molecular flexibility index (Phi) is 5.14. The van der Waals surface area contributed by atoms with E-state index in [1.807, 2.05) is 24.3 Å². The number of thiazole rings is 1. The third-order valence-corrected chi connectivity index (χ3v) is 4.99. The highest BCUT2D eigenvalue weighted by atomic mass is 35.5. The zero-order valence-electron chi connectivity index (χ0n) is 13.0. The molecule has 0 saturated carbocycles. The van der Waals surface area contributed by atoms with Crippen LogP contribution >= 0.6 is 22.9 Å². The van der Waals surface area contributed by atoms with Gasteiger partial charge in [-0.15, -0.1) is 11.3 Å². The molecular formula is C17H21ClN2OS. The van der Waals surface area contributed by atoms with Crippen LogP contribution in [0.4, 0.5) is 0 Å². The van der Waals surface area contributed by atoms with Gasteiger partial charge in [0.05, 0.1) is 22.9 Å². The summed E-state index contributed by atoms with van der Waals surface area (Å²) in [6.07, 6.45) is 1.65. The van der Waals surface area contributed by atoms with E-state index >= 15 is 0 Å². The minimum absolute atomic E-state index is 0.324. The number of nitrogens with zero attached hydrogens (tertiary/aromatic N) is 2. The molecule has 0 radical (unpaired) electrons. The van der Waals surface area contributed by atoms with Crippen molar-refractivity contribution in [3.8, 4) is 11.3 Å². The van der Waals surface area contributed by atoms with Crippen molar-refractivity contribution >= 4 is 22.9 Å². The molecule has 1 aromatic carbocycles. The van der Waals surface area contributed by atoms with Gasteiger partial charge in [0.2, 0.25) is 0 Å². The lowest BCUT2D eigenvalue weighted by Gasteiger charge is -2.35. The highest BCUT2D eigenvalue weighted by Gasteiger charge is 2.21. The summed E-state index contributed by atoms with van der Waals surface area (Å²) in [6.45, 7) is 7.36. The highest BCUT2D eigenvalue weighted by Crippen LogP contribution is 2.24. The van der Waals surface area contributed by atoms with Crippen LogP contribution < -0.4 is 0 Å². The summed E-state index contributed by atoms with van der Waals surface area (Å²) in [4.78, 5) is 7.22. The number of aromatic nitrogens is 1. The molecule has 5 heteroatoms. The number of benzene rings is 1. The predicted molar refractivity (Wildman–Crippen MR) is 92.7 cm³/mol. The first kappa shape index (κ1) is 15.9. The molecule has 0 amide bonds. The van der Waals surface area contributed by atoms with Gasteiger partial charge in [0, 0.05) is 42.0 Å². The molecule has 0 N–H and O–H groups in total. The summed E-state index contributed by atoms with van der Waals surface area (Å²) >= 11 is 7.67. The van der Waals surface area contributed by atoms with E-state index in [0.29, 0.717) is 12.2 Å². The molecule has 3 nitrogen and oxygen atoms in total. The topological polar surface area (TPSA) is 25.4 Å². The first-order valence-corrected chi connectivity index (χ1v) is 8.94. The number of hydrogen-bond donors (Lipinski definition) is 0. The first-order valence-electron chi connectivity index (χ1n) is 7.68. The van der Waals surface area contributed by atoms with E-state index in [2.05, 4.69) is 24.1 Å². The molecular weight excluding hydrogens is 316 g/mol. The maximum atomic E-state index is 5.93. The second-order valence-electron chi connectivity index (χ2n) is 5.90. The van der Waals surface area contributed by atoms with E-state index in [4.69, 9.17) is 21.3 Å². The Bertz CT molecular complexity index is 603.